The number of nitrogens with zero attached hydrogens (tertiary/aromatic N) is 5. The minimum atomic E-state index is -0.430. The molecule has 0 N–H and O–H groups in total. The first-order valence-corrected chi connectivity index (χ1v) is 9.84. The molecule has 0 atom stereocenters. The molecule has 3 aromatic heterocycles. The minimum absolute atomic E-state index is 0.316. The average Bonchev–Trinajstić information content (AvgIpc) is 3.27. The number of hydrogen-bond acceptors (Lipinski definition) is 3. The summed E-state index contributed by atoms with van der Waals surface area (Å²) in [5.74, 6) is 0.496. The number of rotatable bonds is 2. The van der Waals surface area contributed by atoms with Gasteiger partial charge in [0.1, 0.15) is 0 Å². The fraction of sp³-hybridized carbons (Fsp3) is 0.0952. The van der Waals surface area contributed by atoms with Crippen molar-refractivity contribution in [2.75, 3.05) is 0 Å². The summed E-state index contributed by atoms with van der Waals surface area (Å²) >= 11 is 12.3. The van der Waals surface area contributed by atoms with Gasteiger partial charge in [0.05, 0.1) is 11.4 Å². The Balaban J connectivity index is 1.97. The maximum atomic E-state index is 12.9. The summed E-state index contributed by atoms with van der Waals surface area (Å²) in [7, 11) is 3.05. The van der Waals surface area contributed by atoms with Crippen molar-refractivity contribution >= 4 is 40.1 Å². The monoisotopic (exact) mass is 439 g/mol. The summed E-state index contributed by atoms with van der Waals surface area (Å²) in [6, 6.07) is 14.7. The molecular formula is C21H15Cl2N5O2. The molecule has 9 heteroatoms. The fourth-order valence-electron chi connectivity index (χ4n) is 3.66. The van der Waals surface area contributed by atoms with Gasteiger partial charge in [-0.05, 0) is 30.3 Å². The zero-order chi connectivity index (χ0) is 21.2. The van der Waals surface area contributed by atoms with E-state index in [0.717, 1.165) is 21.5 Å². The Hall–Kier alpha value is -3.29. The molecule has 0 radical (unpaired) electrons. The largest absolute Gasteiger partial charge is 0.332 e. The number of aryl methyl sites for hydroxylation is 1. The van der Waals surface area contributed by atoms with E-state index >= 15 is 0 Å². The molecule has 0 aliphatic heterocycles. The molecule has 30 heavy (non-hydrogen) atoms. The average molecular weight is 440 g/mol. The van der Waals surface area contributed by atoms with Crippen LogP contribution in [-0.2, 0) is 14.1 Å². The zero-order valence-electron chi connectivity index (χ0n) is 16.0. The number of halogens is 2. The van der Waals surface area contributed by atoms with Gasteiger partial charge < -0.3 is 0 Å². The molecule has 5 rings (SSSR count). The standard InChI is InChI=1S/C21H15Cl2N5O2/c1-25-18-17(19(29)26(2)21(25)30)27-11-16(12-6-8-13(22)9-7-12)28(20(27)24-18)15-5-3-4-14(23)10-15/h3-11H,1-2H3. The smallest absolute Gasteiger partial charge is 0.279 e. The van der Waals surface area contributed by atoms with Gasteiger partial charge in [-0.25, -0.2) is 4.79 Å². The second-order valence-corrected chi connectivity index (χ2v) is 7.87. The molecule has 0 saturated carbocycles. The molecule has 2 aromatic carbocycles. The predicted molar refractivity (Wildman–Crippen MR) is 118 cm³/mol. The summed E-state index contributed by atoms with van der Waals surface area (Å²) in [5, 5.41) is 1.19. The molecular weight excluding hydrogens is 425 g/mol. The minimum Gasteiger partial charge on any atom is -0.279 e. The third-order valence-electron chi connectivity index (χ3n) is 5.17. The summed E-state index contributed by atoms with van der Waals surface area (Å²) in [6.07, 6.45) is 1.83. The van der Waals surface area contributed by atoms with Gasteiger partial charge in [0.25, 0.3) is 5.56 Å². The highest BCUT2D eigenvalue weighted by Crippen LogP contribution is 2.30. The van der Waals surface area contributed by atoms with Crippen LogP contribution in [0.5, 0.6) is 0 Å². The van der Waals surface area contributed by atoms with Gasteiger partial charge in [-0.15, -0.1) is 0 Å². The number of hydrogen-bond donors (Lipinski definition) is 0. The maximum Gasteiger partial charge on any atom is 0.332 e. The van der Waals surface area contributed by atoms with Gasteiger partial charge >= 0.3 is 5.69 Å². The summed E-state index contributed by atoms with van der Waals surface area (Å²) in [4.78, 5) is 29.9. The van der Waals surface area contributed by atoms with E-state index in [9.17, 15) is 9.59 Å². The van der Waals surface area contributed by atoms with Crippen LogP contribution in [0.1, 0.15) is 0 Å². The summed E-state index contributed by atoms with van der Waals surface area (Å²) in [5.41, 5.74) is 2.27. The first-order valence-electron chi connectivity index (χ1n) is 9.08. The Morgan fingerprint density at radius 1 is 0.900 bits per heavy atom. The number of imidazole rings is 2. The molecule has 5 aromatic rings. The predicted octanol–water partition coefficient (Wildman–Crippen LogP) is 3.65. The SMILES string of the molecule is Cn1c(=O)c2c(nc3n(-c4cccc(Cl)c4)c(-c4ccc(Cl)cc4)cn23)n(C)c1=O. The molecule has 0 fully saturated rings. The van der Waals surface area contributed by atoms with Crippen molar-refractivity contribution in [3.05, 3.63) is 85.6 Å². The fourth-order valence-corrected chi connectivity index (χ4v) is 3.98. The highest BCUT2D eigenvalue weighted by atomic mass is 35.5. The van der Waals surface area contributed by atoms with Gasteiger partial charge in [0.15, 0.2) is 11.2 Å². The molecule has 0 spiro atoms. The Kier molecular flexibility index (Phi) is 4.13. The normalized spacial score (nSPS) is 11.6. The van der Waals surface area contributed by atoms with E-state index in [4.69, 9.17) is 23.2 Å². The van der Waals surface area contributed by atoms with Crippen LogP contribution >= 0.6 is 23.2 Å². The third-order valence-corrected chi connectivity index (χ3v) is 5.66. The summed E-state index contributed by atoms with van der Waals surface area (Å²) < 4.78 is 6.06. The van der Waals surface area contributed by atoms with Crippen LogP contribution in [0.2, 0.25) is 10.0 Å². The van der Waals surface area contributed by atoms with Gasteiger partial charge in [-0.2, -0.15) is 4.98 Å². The third kappa shape index (κ3) is 2.63. The first-order chi connectivity index (χ1) is 14.4. The lowest BCUT2D eigenvalue weighted by atomic mass is 10.1. The number of fused-ring (bicyclic) bond motifs is 3. The zero-order valence-corrected chi connectivity index (χ0v) is 17.5. The van der Waals surface area contributed by atoms with Crippen LogP contribution in [0.4, 0.5) is 0 Å². The second kappa shape index (κ2) is 6.62. The highest BCUT2D eigenvalue weighted by Gasteiger charge is 2.21. The van der Waals surface area contributed by atoms with E-state index in [0.29, 0.717) is 27.0 Å². The van der Waals surface area contributed by atoms with E-state index in [1.165, 1.54) is 11.6 Å². The van der Waals surface area contributed by atoms with Gasteiger partial charge in [-0.3, -0.25) is 22.9 Å². The molecule has 0 unspecified atom stereocenters. The molecule has 3 heterocycles. The van der Waals surface area contributed by atoms with Crippen molar-refractivity contribution < 1.29 is 0 Å². The number of aromatic nitrogens is 5. The molecule has 150 valence electrons. The lowest BCUT2D eigenvalue weighted by Gasteiger charge is -2.09. The van der Waals surface area contributed by atoms with Gasteiger partial charge in [0, 0.05) is 35.9 Å². The Bertz CT molecular complexity index is 1570. The first kappa shape index (κ1) is 18.7. The Morgan fingerprint density at radius 2 is 1.63 bits per heavy atom. The highest BCUT2D eigenvalue weighted by molar-refractivity contribution is 6.31. The molecule has 0 aliphatic rings. The van der Waals surface area contributed by atoms with E-state index in [1.807, 2.05) is 41.1 Å². The van der Waals surface area contributed by atoms with Gasteiger partial charge in [0.2, 0.25) is 5.78 Å². The van der Waals surface area contributed by atoms with Crippen LogP contribution in [0.25, 0.3) is 33.9 Å². The Labute approximate surface area is 180 Å². The topological polar surface area (TPSA) is 66.2 Å². The lowest BCUT2D eigenvalue weighted by Crippen LogP contribution is -2.37. The van der Waals surface area contributed by atoms with Crippen molar-refractivity contribution in [1.29, 1.82) is 0 Å². The molecule has 0 aliphatic carbocycles. The molecule has 0 saturated heterocycles. The van der Waals surface area contributed by atoms with Crippen LogP contribution in [0, 0.1) is 0 Å². The van der Waals surface area contributed by atoms with Crippen molar-refractivity contribution in [1.82, 2.24) is 23.1 Å². The molecule has 7 nitrogen and oxygen atoms in total. The second-order valence-electron chi connectivity index (χ2n) is 7.00. The number of benzene rings is 2. The van der Waals surface area contributed by atoms with Gasteiger partial charge in [-0.1, -0.05) is 41.4 Å². The van der Waals surface area contributed by atoms with E-state index in [-0.39, 0.29) is 0 Å². The van der Waals surface area contributed by atoms with E-state index < -0.39 is 11.2 Å². The summed E-state index contributed by atoms with van der Waals surface area (Å²) in [6.45, 7) is 0. The molecule has 0 bridgehead atoms. The maximum absolute atomic E-state index is 12.9. The van der Waals surface area contributed by atoms with Crippen molar-refractivity contribution in [2.45, 2.75) is 0 Å². The quantitative estimate of drug-likeness (QED) is 0.421. The van der Waals surface area contributed by atoms with Crippen LogP contribution in [0.3, 0.4) is 0 Å². The van der Waals surface area contributed by atoms with Crippen LogP contribution in [0.15, 0.2) is 64.3 Å². The van der Waals surface area contributed by atoms with Crippen molar-refractivity contribution in [3.63, 3.8) is 0 Å². The van der Waals surface area contributed by atoms with E-state index in [2.05, 4.69) is 4.98 Å². The van der Waals surface area contributed by atoms with Crippen molar-refractivity contribution in [3.8, 4) is 16.9 Å². The Morgan fingerprint density at radius 3 is 2.33 bits per heavy atom. The van der Waals surface area contributed by atoms with Crippen molar-refractivity contribution in [2.24, 2.45) is 14.1 Å². The van der Waals surface area contributed by atoms with E-state index in [1.54, 1.807) is 29.6 Å². The van der Waals surface area contributed by atoms with Crippen LogP contribution < -0.4 is 11.2 Å². The molecule has 0 amide bonds. The van der Waals surface area contributed by atoms with Crippen LogP contribution in [-0.4, -0.2) is 23.1 Å². The lowest BCUT2D eigenvalue weighted by molar-refractivity contribution is 0.708.